The van der Waals surface area contributed by atoms with Crippen molar-refractivity contribution in [2.75, 3.05) is 21.1 Å². The molecule has 3 aliphatic rings. The largest absolute Gasteiger partial charge is 0.609 e. The molecule has 3 fully saturated rings. The third kappa shape index (κ3) is 3.73. The molecule has 0 aromatic carbocycles. The van der Waals surface area contributed by atoms with Gasteiger partial charge in [-0.2, -0.15) is 0 Å². The summed E-state index contributed by atoms with van der Waals surface area (Å²) in [5.41, 5.74) is 0. The fourth-order valence-electron chi connectivity index (χ4n) is 5.36. The van der Waals surface area contributed by atoms with Crippen LogP contribution < -0.4 is 0 Å². The molecule has 3 aliphatic carbocycles. The summed E-state index contributed by atoms with van der Waals surface area (Å²) in [6.45, 7) is 0. The number of hydrogen-bond donors (Lipinski definition) is 0. The summed E-state index contributed by atoms with van der Waals surface area (Å²) in [7, 11) is 7.39. The van der Waals surface area contributed by atoms with E-state index in [1.165, 1.54) is 77.0 Å². The highest BCUT2D eigenvalue weighted by Crippen LogP contribution is 2.31. The van der Waals surface area contributed by atoms with E-state index in [0.29, 0.717) is 0 Å². The monoisotopic (exact) mass is 321 g/mol. The van der Waals surface area contributed by atoms with Gasteiger partial charge in [-0.25, -0.2) is 0 Å². The zero-order valence-electron chi connectivity index (χ0n) is 15.1. The smallest absolute Gasteiger partial charge is 0.357 e. The molecule has 0 unspecified atom stereocenters. The minimum Gasteiger partial charge on any atom is -0.357 e. The van der Waals surface area contributed by atoms with Gasteiger partial charge in [0.1, 0.15) is 0 Å². The zero-order chi connectivity index (χ0) is 15.5. The van der Waals surface area contributed by atoms with Crippen LogP contribution in [0.2, 0.25) is 0 Å². The van der Waals surface area contributed by atoms with Crippen molar-refractivity contribution in [2.45, 2.75) is 95.2 Å². The lowest BCUT2D eigenvalue weighted by molar-refractivity contribution is 0.229. The van der Waals surface area contributed by atoms with Crippen molar-refractivity contribution in [1.29, 1.82) is 0 Å². The molecule has 0 radical (unpaired) electrons. The van der Waals surface area contributed by atoms with E-state index in [2.05, 4.69) is 32.8 Å². The maximum atomic E-state index is 2.86. The van der Waals surface area contributed by atoms with Crippen LogP contribution in [0.1, 0.15) is 77.0 Å². The molecular weight excluding hydrogens is 285 g/mol. The molecule has 126 valence electrons. The molecule has 22 heavy (non-hydrogen) atoms. The van der Waals surface area contributed by atoms with Crippen LogP contribution in [-0.2, 0) is 0 Å². The minimum absolute atomic E-state index is 0.865. The van der Waals surface area contributed by atoms with Gasteiger partial charge < -0.3 is 11.7 Å². The lowest BCUT2D eigenvalue weighted by Gasteiger charge is -2.43. The summed E-state index contributed by atoms with van der Waals surface area (Å²) in [5.74, 6) is 0. The summed E-state index contributed by atoms with van der Waals surface area (Å²) >= 11 is -1.18. The van der Waals surface area contributed by atoms with Gasteiger partial charge >= 0.3 is 14.8 Å². The highest BCUT2D eigenvalue weighted by atomic mass is 27.2. The van der Waals surface area contributed by atoms with Gasteiger partial charge in [0.25, 0.3) is 0 Å². The van der Waals surface area contributed by atoms with Crippen molar-refractivity contribution in [3.8, 4) is 0 Å². The molecule has 4 heteroatoms. The Morgan fingerprint density at radius 2 is 0.727 bits per heavy atom. The average Bonchev–Trinajstić information content (AvgIpc) is 3.29. The molecule has 3 nitrogen and oxygen atoms in total. The van der Waals surface area contributed by atoms with E-state index in [4.69, 9.17) is 0 Å². The first kappa shape index (κ1) is 17.2. The molecule has 0 bridgehead atoms. The fraction of sp³-hybridized carbons (Fsp3) is 1.00. The van der Waals surface area contributed by atoms with Gasteiger partial charge in [0.05, 0.1) is 0 Å². The number of nitrogens with zero attached hydrogens (tertiary/aromatic N) is 3. The average molecular weight is 321 g/mol. The maximum absolute atomic E-state index is 2.86. The highest BCUT2D eigenvalue weighted by Gasteiger charge is 2.45. The first-order valence-corrected chi connectivity index (χ1v) is 11.4. The normalized spacial score (nSPS) is 25.4. The summed E-state index contributed by atoms with van der Waals surface area (Å²) in [4.78, 5) is 0. The van der Waals surface area contributed by atoms with Crippen LogP contribution in [0, 0.1) is 0 Å². The molecule has 0 N–H and O–H groups in total. The SMILES string of the molecule is C[N](C1CCCC1)[Al]([N](C)C1CCCC1)[N](C)C1CCCC1. The molecule has 0 aromatic rings. The molecule has 0 aromatic heterocycles. The van der Waals surface area contributed by atoms with Crippen LogP contribution >= 0.6 is 0 Å². The molecule has 0 atom stereocenters. The Morgan fingerprint density at radius 3 is 0.955 bits per heavy atom. The van der Waals surface area contributed by atoms with Crippen molar-refractivity contribution in [3.05, 3.63) is 0 Å². The van der Waals surface area contributed by atoms with E-state index in [-0.39, 0.29) is 0 Å². The van der Waals surface area contributed by atoms with E-state index in [1.54, 1.807) is 0 Å². The maximum Gasteiger partial charge on any atom is 0.609 e. The lowest BCUT2D eigenvalue weighted by Crippen LogP contribution is -2.65. The Balaban J connectivity index is 1.73. The summed E-state index contributed by atoms with van der Waals surface area (Å²) in [6, 6.07) is 2.60. The van der Waals surface area contributed by atoms with Gasteiger partial charge in [-0.1, -0.05) is 38.5 Å². The van der Waals surface area contributed by atoms with E-state index >= 15 is 0 Å². The second-order valence-electron chi connectivity index (χ2n) is 8.16. The predicted molar refractivity (Wildman–Crippen MR) is 95.8 cm³/mol. The van der Waals surface area contributed by atoms with E-state index in [1.807, 2.05) is 0 Å². The highest BCUT2D eigenvalue weighted by molar-refractivity contribution is 6.49. The standard InChI is InChI=1S/3C6H12N.Al/c3*1-7-6-4-2-3-5-6;/h3*6H,2-5H2,1H3;/q3*-1;+3. The Morgan fingerprint density at radius 1 is 0.500 bits per heavy atom. The molecule has 0 aliphatic heterocycles. The first-order valence-electron chi connectivity index (χ1n) is 9.84. The van der Waals surface area contributed by atoms with Crippen molar-refractivity contribution in [1.82, 2.24) is 11.7 Å². The third-order valence-corrected chi connectivity index (χ3v) is 10.2. The zero-order valence-corrected chi connectivity index (χ0v) is 16.3. The van der Waals surface area contributed by atoms with E-state index < -0.39 is 14.8 Å². The lowest BCUT2D eigenvalue weighted by atomic mass is 10.3. The Hall–Kier alpha value is 0.412. The van der Waals surface area contributed by atoms with Crippen molar-refractivity contribution in [2.24, 2.45) is 0 Å². The van der Waals surface area contributed by atoms with E-state index in [0.717, 1.165) is 18.1 Å². The summed E-state index contributed by atoms with van der Waals surface area (Å²) in [6.07, 6.45) is 17.4. The fourth-order valence-corrected chi connectivity index (χ4v) is 9.11. The van der Waals surface area contributed by atoms with Gasteiger partial charge in [0.2, 0.25) is 0 Å². The van der Waals surface area contributed by atoms with Gasteiger partial charge in [-0.15, -0.1) is 0 Å². The Kier molecular flexibility index (Phi) is 6.26. The van der Waals surface area contributed by atoms with Crippen molar-refractivity contribution >= 4 is 14.8 Å². The molecule has 3 rings (SSSR count). The molecule has 0 saturated heterocycles. The van der Waals surface area contributed by atoms with Gasteiger partial charge in [-0.05, 0) is 77.8 Å². The molecular formula is C18H36AlN3. The number of hydrogen-bond acceptors (Lipinski definition) is 3. The Labute approximate surface area is 143 Å². The van der Waals surface area contributed by atoms with Gasteiger partial charge in [-0.3, -0.25) is 0 Å². The molecule has 0 amide bonds. The summed E-state index contributed by atoms with van der Waals surface area (Å²) in [5, 5.41) is 0. The van der Waals surface area contributed by atoms with Crippen LogP contribution in [0.25, 0.3) is 0 Å². The van der Waals surface area contributed by atoms with E-state index in [9.17, 15) is 0 Å². The molecule has 0 spiro atoms. The third-order valence-electron chi connectivity index (χ3n) is 6.79. The first-order chi connectivity index (χ1) is 10.7. The predicted octanol–water partition coefficient (Wildman–Crippen LogP) is 3.59. The van der Waals surface area contributed by atoms with Crippen molar-refractivity contribution in [3.63, 3.8) is 0 Å². The van der Waals surface area contributed by atoms with Crippen molar-refractivity contribution < 1.29 is 0 Å². The minimum atomic E-state index is -1.18. The van der Waals surface area contributed by atoms with Crippen LogP contribution in [0.4, 0.5) is 0 Å². The van der Waals surface area contributed by atoms with Crippen LogP contribution in [0.15, 0.2) is 0 Å². The summed E-state index contributed by atoms with van der Waals surface area (Å²) < 4.78 is 8.59. The van der Waals surface area contributed by atoms with Gasteiger partial charge in [0, 0.05) is 0 Å². The second kappa shape index (κ2) is 7.99. The van der Waals surface area contributed by atoms with Crippen LogP contribution in [-0.4, -0.2) is 65.7 Å². The van der Waals surface area contributed by atoms with Crippen LogP contribution in [0.3, 0.4) is 0 Å². The molecule has 0 heterocycles. The quantitative estimate of drug-likeness (QED) is 0.692. The second-order valence-corrected chi connectivity index (χ2v) is 11.3. The molecule has 3 saturated carbocycles. The van der Waals surface area contributed by atoms with Gasteiger partial charge in [0.15, 0.2) is 0 Å². The number of rotatable bonds is 6. The Bertz CT molecular complexity index is 281. The topological polar surface area (TPSA) is 9.72 Å². The van der Waals surface area contributed by atoms with Crippen LogP contribution in [0.5, 0.6) is 0 Å².